The largest absolute Gasteiger partial charge is 0.496 e. The summed E-state index contributed by atoms with van der Waals surface area (Å²) < 4.78 is 5.25. The molecule has 2 aromatic carbocycles. The average Bonchev–Trinajstić information content (AvgIpc) is 2.49. The third-order valence-electron chi connectivity index (χ3n) is 3.89. The molecule has 1 N–H and O–H groups in total. The van der Waals surface area contributed by atoms with Crippen molar-refractivity contribution in [1.29, 1.82) is 0 Å². The number of carbonyl (C=O) groups is 1. The van der Waals surface area contributed by atoms with Gasteiger partial charge in [-0.15, -0.1) is 0 Å². The second kappa shape index (κ2) is 7.12. The Hall–Kier alpha value is -2.29. The van der Waals surface area contributed by atoms with E-state index in [2.05, 4.69) is 18.3 Å². The van der Waals surface area contributed by atoms with E-state index in [4.69, 9.17) is 4.74 Å². The van der Waals surface area contributed by atoms with Gasteiger partial charge in [0.15, 0.2) is 0 Å². The Morgan fingerprint density at radius 1 is 1.00 bits per heavy atom. The van der Waals surface area contributed by atoms with Crippen LogP contribution in [-0.2, 0) is 11.2 Å². The Kier molecular flexibility index (Phi) is 5.21. The number of carbonyl (C=O) groups excluding carboxylic acids is 1. The summed E-state index contributed by atoms with van der Waals surface area (Å²) in [5.74, 6) is 0.917. The van der Waals surface area contributed by atoms with Crippen LogP contribution in [0.3, 0.4) is 0 Å². The normalized spacial score (nSPS) is 10.4. The highest BCUT2D eigenvalue weighted by Gasteiger charge is 2.06. The molecule has 22 heavy (non-hydrogen) atoms. The van der Waals surface area contributed by atoms with E-state index >= 15 is 0 Å². The van der Waals surface area contributed by atoms with Crippen molar-refractivity contribution in [2.24, 2.45) is 0 Å². The highest BCUT2D eigenvalue weighted by molar-refractivity contribution is 5.90. The van der Waals surface area contributed by atoms with E-state index in [-0.39, 0.29) is 5.91 Å². The minimum Gasteiger partial charge on any atom is -0.496 e. The minimum atomic E-state index is 0.0386. The fourth-order valence-electron chi connectivity index (χ4n) is 2.40. The molecule has 0 aromatic heterocycles. The number of amides is 1. The van der Waals surface area contributed by atoms with Crippen LogP contribution in [0.4, 0.5) is 5.69 Å². The number of anilines is 1. The SMILES string of the molecule is COc1ccc(CCC(=O)Nc2ccc(C)c(C)c2)cc1C. The molecule has 3 heteroatoms. The molecule has 0 spiro atoms. The van der Waals surface area contributed by atoms with Crippen LogP contribution in [0.1, 0.15) is 28.7 Å². The number of hydrogen-bond donors (Lipinski definition) is 1. The van der Waals surface area contributed by atoms with Crippen molar-refractivity contribution in [3.05, 3.63) is 58.7 Å². The molecule has 3 nitrogen and oxygen atoms in total. The average molecular weight is 297 g/mol. The summed E-state index contributed by atoms with van der Waals surface area (Å²) in [5.41, 5.74) is 5.51. The fourth-order valence-corrected chi connectivity index (χ4v) is 2.40. The van der Waals surface area contributed by atoms with Crippen molar-refractivity contribution in [3.8, 4) is 5.75 Å². The minimum absolute atomic E-state index is 0.0386. The van der Waals surface area contributed by atoms with E-state index in [0.29, 0.717) is 6.42 Å². The molecule has 0 aliphatic heterocycles. The van der Waals surface area contributed by atoms with Gasteiger partial charge in [-0.2, -0.15) is 0 Å². The van der Waals surface area contributed by atoms with Gasteiger partial charge in [0.2, 0.25) is 5.91 Å². The first-order valence-electron chi connectivity index (χ1n) is 7.50. The van der Waals surface area contributed by atoms with Crippen molar-refractivity contribution in [2.45, 2.75) is 33.6 Å². The zero-order valence-corrected chi connectivity index (χ0v) is 13.7. The molecular weight excluding hydrogens is 274 g/mol. The van der Waals surface area contributed by atoms with Crippen molar-refractivity contribution >= 4 is 11.6 Å². The van der Waals surface area contributed by atoms with Crippen LogP contribution in [-0.4, -0.2) is 13.0 Å². The lowest BCUT2D eigenvalue weighted by molar-refractivity contribution is -0.116. The van der Waals surface area contributed by atoms with Crippen LogP contribution < -0.4 is 10.1 Å². The van der Waals surface area contributed by atoms with Gasteiger partial charge in [0.05, 0.1) is 7.11 Å². The quantitative estimate of drug-likeness (QED) is 0.898. The lowest BCUT2D eigenvalue weighted by Gasteiger charge is -2.09. The van der Waals surface area contributed by atoms with Crippen LogP contribution in [0.15, 0.2) is 36.4 Å². The highest BCUT2D eigenvalue weighted by Crippen LogP contribution is 2.19. The molecule has 0 unspecified atom stereocenters. The maximum Gasteiger partial charge on any atom is 0.224 e. The van der Waals surface area contributed by atoms with E-state index in [0.717, 1.165) is 29.0 Å². The highest BCUT2D eigenvalue weighted by atomic mass is 16.5. The molecule has 2 rings (SSSR count). The predicted octanol–water partition coefficient (Wildman–Crippen LogP) is 4.19. The molecule has 0 saturated carbocycles. The van der Waals surface area contributed by atoms with Crippen LogP contribution in [0.25, 0.3) is 0 Å². The molecule has 0 fully saturated rings. The van der Waals surface area contributed by atoms with Crippen molar-refractivity contribution in [3.63, 3.8) is 0 Å². The van der Waals surface area contributed by atoms with Gasteiger partial charge in [0.1, 0.15) is 5.75 Å². The number of benzene rings is 2. The molecule has 0 aliphatic carbocycles. The van der Waals surface area contributed by atoms with Crippen LogP contribution in [0.2, 0.25) is 0 Å². The van der Waals surface area contributed by atoms with E-state index in [1.807, 2.05) is 44.2 Å². The van der Waals surface area contributed by atoms with E-state index < -0.39 is 0 Å². The first-order chi connectivity index (χ1) is 10.5. The van der Waals surface area contributed by atoms with Crippen molar-refractivity contribution < 1.29 is 9.53 Å². The maximum absolute atomic E-state index is 12.1. The Bertz CT molecular complexity index is 677. The molecule has 0 bridgehead atoms. The van der Waals surface area contributed by atoms with Gasteiger partial charge in [-0.05, 0) is 67.6 Å². The van der Waals surface area contributed by atoms with Crippen molar-refractivity contribution in [2.75, 3.05) is 12.4 Å². The number of methoxy groups -OCH3 is 1. The number of aryl methyl sites for hydroxylation is 4. The Labute approximate surface area is 132 Å². The van der Waals surface area contributed by atoms with Crippen molar-refractivity contribution in [1.82, 2.24) is 0 Å². The second-order valence-electron chi connectivity index (χ2n) is 5.65. The molecule has 1 amide bonds. The molecular formula is C19H23NO2. The number of nitrogens with one attached hydrogen (secondary N) is 1. The summed E-state index contributed by atoms with van der Waals surface area (Å²) >= 11 is 0. The topological polar surface area (TPSA) is 38.3 Å². The molecule has 0 radical (unpaired) electrons. The van der Waals surface area contributed by atoms with Gasteiger partial charge in [0, 0.05) is 12.1 Å². The molecule has 0 atom stereocenters. The standard InChI is InChI=1S/C19H23NO2/c1-13-5-8-17(12-14(13)2)20-19(21)10-7-16-6-9-18(22-4)15(3)11-16/h5-6,8-9,11-12H,7,10H2,1-4H3,(H,20,21). The number of hydrogen-bond acceptors (Lipinski definition) is 2. The third kappa shape index (κ3) is 4.10. The van der Waals surface area contributed by atoms with Gasteiger partial charge >= 0.3 is 0 Å². The van der Waals surface area contributed by atoms with E-state index in [9.17, 15) is 4.79 Å². The van der Waals surface area contributed by atoms with Gasteiger partial charge in [0.25, 0.3) is 0 Å². The summed E-state index contributed by atoms with van der Waals surface area (Å²) in [6, 6.07) is 12.0. The van der Waals surface area contributed by atoms with E-state index in [1.165, 1.54) is 11.1 Å². The summed E-state index contributed by atoms with van der Waals surface area (Å²) in [6.07, 6.45) is 1.19. The second-order valence-corrected chi connectivity index (χ2v) is 5.65. The molecule has 0 heterocycles. The van der Waals surface area contributed by atoms with Gasteiger partial charge in [-0.25, -0.2) is 0 Å². The third-order valence-corrected chi connectivity index (χ3v) is 3.89. The molecule has 0 saturated heterocycles. The van der Waals surface area contributed by atoms with E-state index in [1.54, 1.807) is 7.11 Å². The summed E-state index contributed by atoms with van der Waals surface area (Å²) in [5, 5.41) is 2.95. The molecule has 0 aliphatic rings. The summed E-state index contributed by atoms with van der Waals surface area (Å²) in [4.78, 5) is 12.1. The fraction of sp³-hybridized carbons (Fsp3) is 0.316. The first kappa shape index (κ1) is 16.1. The number of rotatable bonds is 5. The zero-order chi connectivity index (χ0) is 16.1. The summed E-state index contributed by atoms with van der Waals surface area (Å²) in [6.45, 7) is 6.12. The van der Waals surface area contributed by atoms with Crippen LogP contribution in [0.5, 0.6) is 5.75 Å². The molecule has 116 valence electrons. The first-order valence-corrected chi connectivity index (χ1v) is 7.50. The Balaban J connectivity index is 1.92. The van der Waals surface area contributed by atoms with Gasteiger partial charge < -0.3 is 10.1 Å². The lowest BCUT2D eigenvalue weighted by Crippen LogP contribution is -2.12. The van der Waals surface area contributed by atoms with Gasteiger partial charge in [-0.1, -0.05) is 18.2 Å². The smallest absolute Gasteiger partial charge is 0.224 e. The predicted molar refractivity (Wildman–Crippen MR) is 90.6 cm³/mol. The Morgan fingerprint density at radius 3 is 2.41 bits per heavy atom. The van der Waals surface area contributed by atoms with Gasteiger partial charge in [-0.3, -0.25) is 4.79 Å². The number of ether oxygens (including phenoxy) is 1. The molecule has 2 aromatic rings. The van der Waals surface area contributed by atoms with Crippen LogP contribution >= 0.6 is 0 Å². The maximum atomic E-state index is 12.1. The van der Waals surface area contributed by atoms with Crippen LogP contribution in [0, 0.1) is 20.8 Å². The lowest BCUT2D eigenvalue weighted by atomic mass is 10.1. The summed E-state index contributed by atoms with van der Waals surface area (Å²) in [7, 11) is 1.67. The monoisotopic (exact) mass is 297 g/mol. The Morgan fingerprint density at radius 2 is 1.77 bits per heavy atom. The zero-order valence-electron chi connectivity index (χ0n) is 13.7.